The standard InChI is InChI=1S/C23H24ClFN6/c1-14-21(15-5-3-6-16(24)11-15)22(26)31-23(30-14)19(13-29-31)18-12-17(7-8-20(18)25)28-10-4-9-27-2/h3,5-8,11-13,27-28H,4,9-10,26H2,1-2H3. The lowest BCUT2D eigenvalue weighted by Gasteiger charge is -2.12. The summed E-state index contributed by atoms with van der Waals surface area (Å²) in [4.78, 5) is 4.72. The lowest BCUT2D eigenvalue weighted by Crippen LogP contribution is -2.12. The average molecular weight is 439 g/mol. The first kappa shape index (κ1) is 21.1. The fraction of sp³-hybridized carbons (Fsp3) is 0.217. The number of rotatable bonds is 7. The van der Waals surface area contributed by atoms with Gasteiger partial charge in [-0.25, -0.2) is 9.37 Å². The van der Waals surface area contributed by atoms with Gasteiger partial charge in [-0.2, -0.15) is 9.61 Å². The number of fused-ring (bicyclic) bond motifs is 1. The van der Waals surface area contributed by atoms with Crippen LogP contribution in [0.3, 0.4) is 0 Å². The lowest BCUT2D eigenvalue weighted by molar-refractivity contribution is 0.631. The molecule has 0 aliphatic rings. The van der Waals surface area contributed by atoms with Gasteiger partial charge < -0.3 is 16.4 Å². The predicted octanol–water partition coefficient (Wildman–Crippen LogP) is 4.77. The van der Waals surface area contributed by atoms with E-state index in [9.17, 15) is 4.39 Å². The number of halogens is 2. The van der Waals surface area contributed by atoms with Crippen LogP contribution in [0.1, 0.15) is 12.1 Å². The Morgan fingerprint density at radius 1 is 1.13 bits per heavy atom. The molecule has 0 atom stereocenters. The molecule has 0 bridgehead atoms. The summed E-state index contributed by atoms with van der Waals surface area (Å²) in [5, 5.41) is 11.4. The Labute approximate surface area is 185 Å². The number of nitrogens with one attached hydrogen (secondary N) is 2. The van der Waals surface area contributed by atoms with Gasteiger partial charge >= 0.3 is 0 Å². The first-order valence-corrected chi connectivity index (χ1v) is 10.5. The second-order valence-corrected chi connectivity index (χ2v) is 7.78. The third-order valence-electron chi connectivity index (χ3n) is 5.17. The van der Waals surface area contributed by atoms with E-state index in [2.05, 4.69) is 15.7 Å². The highest BCUT2D eigenvalue weighted by Gasteiger charge is 2.19. The second kappa shape index (κ2) is 8.91. The fourth-order valence-electron chi connectivity index (χ4n) is 3.66. The molecule has 0 amide bonds. The second-order valence-electron chi connectivity index (χ2n) is 7.34. The molecule has 0 radical (unpaired) electrons. The van der Waals surface area contributed by atoms with Crippen LogP contribution in [0.5, 0.6) is 0 Å². The van der Waals surface area contributed by atoms with Crippen molar-refractivity contribution in [3.63, 3.8) is 0 Å². The highest BCUT2D eigenvalue weighted by Crippen LogP contribution is 2.34. The van der Waals surface area contributed by atoms with E-state index in [0.29, 0.717) is 27.6 Å². The van der Waals surface area contributed by atoms with Gasteiger partial charge in [0.05, 0.1) is 11.9 Å². The summed E-state index contributed by atoms with van der Waals surface area (Å²) in [5.41, 5.74) is 11.1. The van der Waals surface area contributed by atoms with Crippen LogP contribution in [0.2, 0.25) is 5.02 Å². The molecule has 2 aromatic heterocycles. The number of nitrogen functional groups attached to an aromatic ring is 1. The number of anilines is 2. The molecule has 4 aromatic rings. The molecule has 0 aliphatic heterocycles. The Balaban J connectivity index is 1.77. The number of benzene rings is 2. The maximum absolute atomic E-state index is 14.7. The number of nitrogens with two attached hydrogens (primary N) is 1. The molecule has 0 unspecified atom stereocenters. The number of hydrogen-bond donors (Lipinski definition) is 3. The lowest BCUT2D eigenvalue weighted by atomic mass is 10.0. The Morgan fingerprint density at radius 3 is 2.74 bits per heavy atom. The van der Waals surface area contributed by atoms with Crippen molar-refractivity contribution in [2.75, 3.05) is 31.2 Å². The van der Waals surface area contributed by atoms with E-state index < -0.39 is 0 Å². The highest BCUT2D eigenvalue weighted by atomic mass is 35.5. The molecule has 8 heteroatoms. The third kappa shape index (κ3) is 4.19. The zero-order valence-electron chi connectivity index (χ0n) is 17.4. The number of aryl methyl sites for hydroxylation is 1. The summed E-state index contributed by atoms with van der Waals surface area (Å²) in [5.74, 6) is 0.0883. The van der Waals surface area contributed by atoms with E-state index in [0.717, 1.165) is 42.0 Å². The Bertz CT molecular complexity index is 1240. The maximum Gasteiger partial charge on any atom is 0.165 e. The minimum absolute atomic E-state index is 0.340. The van der Waals surface area contributed by atoms with Crippen LogP contribution in [-0.4, -0.2) is 34.7 Å². The summed E-state index contributed by atoms with van der Waals surface area (Å²) >= 11 is 6.15. The van der Waals surface area contributed by atoms with E-state index in [4.69, 9.17) is 22.3 Å². The smallest absolute Gasteiger partial charge is 0.165 e. The SMILES string of the molecule is CNCCCNc1ccc(F)c(-c2cnn3c(N)c(-c4cccc(Cl)c4)c(C)nc23)c1. The summed E-state index contributed by atoms with van der Waals surface area (Å²) in [7, 11) is 1.92. The molecule has 0 fully saturated rings. The topological polar surface area (TPSA) is 80.3 Å². The number of hydrogen-bond acceptors (Lipinski definition) is 5. The number of nitrogens with zero attached hydrogens (tertiary/aromatic N) is 3. The quantitative estimate of drug-likeness (QED) is 0.362. The van der Waals surface area contributed by atoms with Crippen LogP contribution in [0.4, 0.5) is 15.9 Å². The summed E-state index contributed by atoms with van der Waals surface area (Å²) in [6.45, 7) is 3.57. The normalized spacial score (nSPS) is 11.2. The molecule has 4 N–H and O–H groups in total. The van der Waals surface area contributed by atoms with Crippen LogP contribution >= 0.6 is 11.6 Å². The average Bonchev–Trinajstić information content (AvgIpc) is 3.16. The minimum atomic E-state index is -0.340. The van der Waals surface area contributed by atoms with Crippen molar-refractivity contribution >= 4 is 28.8 Å². The van der Waals surface area contributed by atoms with Gasteiger partial charge in [0.25, 0.3) is 0 Å². The van der Waals surface area contributed by atoms with E-state index in [-0.39, 0.29) is 5.82 Å². The fourth-order valence-corrected chi connectivity index (χ4v) is 3.85. The van der Waals surface area contributed by atoms with Crippen molar-refractivity contribution in [1.29, 1.82) is 0 Å². The van der Waals surface area contributed by atoms with E-state index in [1.807, 2.05) is 32.2 Å². The van der Waals surface area contributed by atoms with Crippen LogP contribution in [-0.2, 0) is 0 Å². The van der Waals surface area contributed by atoms with Crippen LogP contribution < -0.4 is 16.4 Å². The third-order valence-corrected chi connectivity index (χ3v) is 5.40. The summed E-state index contributed by atoms with van der Waals surface area (Å²) in [6.07, 6.45) is 2.56. The zero-order chi connectivity index (χ0) is 22.0. The van der Waals surface area contributed by atoms with E-state index in [1.54, 1.807) is 28.9 Å². The van der Waals surface area contributed by atoms with Crippen molar-refractivity contribution in [3.8, 4) is 22.3 Å². The molecule has 0 spiro atoms. The molecule has 0 saturated carbocycles. The van der Waals surface area contributed by atoms with E-state index in [1.165, 1.54) is 6.07 Å². The van der Waals surface area contributed by atoms with Gasteiger partial charge in [-0.3, -0.25) is 0 Å². The van der Waals surface area contributed by atoms with Gasteiger partial charge in [0.15, 0.2) is 5.65 Å². The van der Waals surface area contributed by atoms with Gasteiger partial charge in [0.1, 0.15) is 11.6 Å². The van der Waals surface area contributed by atoms with Gasteiger partial charge in [-0.1, -0.05) is 23.7 Å². The van der Waals surface area contributed by atoms with Crippen molar-refractivity contribution < 1.29 is 4.39 Å². The van der Waals surface area contributed by atoms with Crippen LogP contribution in [0.25, 0.3) is 27.9 Å². The molecule has 160 valence electrons. The molecular formula is C23H24ClFN6. The first-order valence-electron chi connectivity index (χ1n) is 10.1. The monoisotopic (exact) mass is 438 g/mol. The molecule has 0 saturated heterocycles. The highest BCUT2D eigenvalue weighted by molar-refractivity contribution is 6.30. The zero-order valence-corrected chi connectivity index (χ0v) is 18.2. The Hall–Kier alpha value is -3.16. The Morgan fingerprint density at radius 2 is 1.97 bits per heavy atom. The molecule has 6 nitrogen and oxygen atoms in total. The van der Waals surface area contributed by atoms with Crippen molar-refractivity contribution in [2.24, 2.45) is 0 Å². The summed E-state index contributed by atoms with van der Waals surface area (Å²) < 4.78 is 16.3. The maximum atomic E-state index is 14.7. The van der Waals surface area contributed by atoms with Crippen LogP contribution in [0, 0.1) is 12.7 Å². The van der Waals surface area contributed by atoms with Crippen molar-refractivity contribution in [1.82, 2.24) is 19.9 Å². The molecular weight excluding hydrogens is 415 g/mol. The molecule has 2 aromatic carbocycles. The van der Waals surface area contributed by atoms with Crippen molar-refractivity contribution in [2.45, 2.75) is 13.3 Å². The van der Waals surface area contributed by atoms with Crippen molar-refractivity contribution in [3.05, 3.63) is 65.2 Å². The first-order chi connectivity index (χ1) is 15.0. The van der Waals surface area contributed by atoms with Gasteiger partial charge in [-0.15, -0.1) is 0 Å². The van der Waals surface area contributed by atoms with Gasteiger partial charge in [0.2, 0.25) is 0 Å². The van der Waals surface area contributed by atoms with E-state index >= 15 is 0 Å². The molecule has 2 heterocycles. The summed E-state index contributed by atoms with van der Waals surface area (Å²) in [6, 6.07) is 12.4. The van der Waals surface area contributed by atoms with Crippen LogP contribution in [0.15, 0.2) is 48.7 Å². The largest absolute Gasteiger partial charge is 0.385 e. The minimum Gasteiger partial charge on any atom is -0.385 e. The number of aromatic nitrogens is 3. The molecule has 4 rings (SSSR count). The molecule has 0 aliphatic carbocycles. The van der Waals surface area contributed by atoms with Gasteiger partial charge in [-0.05, 0) is 62.8 Å². The molecule has 31 heavy (non-hydrogen) atoms. The Kier molecular flexibility index (Phi) is 6.06. The predicted molar refractivity (Wildman–Crippen MR) is 125 cm³/mol. The van der Waals surface area contributed by atoms with Gasteiger partial charge in [0, 0.05) is 33.9 Å².